The van der Waals surface area contributed by atoms with Crippen molar-refractivity contribution in [3.63, 3.8) is 0 Å². The Kier molecular flexibility index (Phi) is 3.01. The SMILES string of the molecule is CCn1nccc1C(O)c1cccc(F)c1. The fourth-order valence-corrected chi connectivity index (χ4v) is 1.69. The Bertz CT molecular complexity index is 481. The van der Waals surface area contributed by atoms with E-state index < -0.39 is 6.10 Å². The molecule has 1 unspecified atom stereocenters. The fourth-order valence-electron chi connectivity index (χ4n) is 1.69. The third kappa shape index (κ3) is 1.97. The number of nitrogens with zero attached hydrogens (tertiary/aromatic N) is 2. The number of aliphatic hydroxyl groups excluding tert-OH is 1. The van der Waals surface area contributed by atoms with Crippen LogP contribution in [0.25, 0.3) is 0 Å². The average Bonchev–Trinajstić information content (AvgIpc) is 2.76. The van der Waals surface area contributed by atoms with E-state index >= 15 is 0 Å². The minimum atomic E-state index is -0.835. The van der Waals surface area contributed by atoms with E-state index in [0.717, 1.165) is 0 Å². The lowest BCUT2D eigenvalue weighted by molar-refractivity contribution is 0.207. The van der Waals surface area contributed by atoms with Gasteiger partial charge < -0.3 is 5.11 Å². The molecule has 0 aliphatic rings. The molecule has 0 saturated carbocycles. The van der Waals surface area contributed by atoms with Crippen molar-refractivity contribution in [3.05, 3.63) is 53.6 Å². The first-order chi connectivity index (χ1) is 7.72. The van der Waals surface area contributed by atoms with Crippen LogP contribution in [0.15, 0.2) is 36.5 Å². The predicted octanol–water partition coefficient (Wildman–Crippen LogP) is 2.12. The van der Waals surface area contributed by atoms with Crippen LogP contribution in [0.3, 0.4) is 0 Å². The van der Waals surface area contributed by atoms with Crippen molar-refractivity contribution in [2.75, 3.05) is 0 Å². The Morgan fingerprint density at radius 3 is 2.94 bits per heavy atom. The minimum Gasteiger partial charge on any atom is -0.382 e. The molecular weight excluding hydrogens is 207 g/mol. The van der Waals surface area contributed by atoms with Gasteiger partial charge in [-0.3, -0.25) is 4.68 Å². The lowest BCUT2D eigenvalue weighted by atomic mass is 10.1. The Morgan fingerprint density at radius 2 is 2.25 bits per heavy atom. The Labute approximate surface area is 93.2 Å². The van der Waals surface area contributed by atoms with Crippen LogP contribution in [-0.2, 0) is 6.54 Å². The maximum Gasteiger partial charge on any atom is 0.123 e. The summed E-state index contributed by atoms with van der Waals surface area (Å²) in [5.41, 5.74) is 1.21. The van der Waals surface area contributed by atoms with E-state index in [9.17, 15) is 9.50 Å². The lowest BCUT2D eigenvalue weighted by Crippen LogP contribution is -2.09. The van der Waals surface area contributed by atoms with Gasteiger partial charge in [-0.05, 0) is 30.7 Å². The van der Waals surface area contributed by atoms with E-state index in [-0.39, 0.29) is 5.82 Å². The number of aryl methyl sites for hydroxylation is 1. The summed E-state index contributed by atoms with van der Waals surface area (Å²) in [5, 5.41) is 14.2. The van der Waals surface area contributed by atoms with Crippen LogP contribution < -0.4 is 0 Å². The molecule has 2 aromatic rings. The molecule has 0 aliphatic carbocycles. The standard InChI is InChI=1S/C12H13FN2O/c1-2-15-11(6-7-14-15)12(16)9-4-3-5-10(13)8-9/h3-8,12,16H,2H2,1H3. The normalized spacial score (nSPS) is 12.7. The molecule has 0 amide bonds. The van der Waals surface area contributed by atoms with Crippen LogP contribution in [-0.4, -0.2) is 14.9 Å². The number of rotatable bonds is 3. The fraction of sp³-hybridized carbons (Fsp3) is 0.250. The maximum atomic E-state index is 13.0. The molecule has 16 heavy (non-hydrogen) atoms. The Balaban J connectivity index is 2.35. The third-order valence-corrected chi connectivity index (χ3v) is 2.49. The molecule has 1 heterocycles. The first-order valence-electron chi connectivity index (χ1n) is 5.17. The minimum absolute atomic E-state index is 0.348. The van der Waals surface area contributed by atoms with E-state index in [2.05, 4.69) is 5.10 Å². The molecule has 1 aromatic carbocycles. The van der Waals surface area contributed by atoms with Crippen molar-refractivity contribution in [1.82, 2.24) is 9.78 Å². The van der Waals surface area contributed by atoms with Crippen LogP contribution in [0.1, 0.15) is 24.3 Å². The molecular formula is C12H13FN2O. The quantitative estimate of drug-likeness (QED) is 0.860. The summed E-state index contributed by atoms with van der Waals surface area (Å²) in [6, 6.07) is 7.70. The summed E-state index contributed by atoms with van der Waals surface area (Å²) >= 11 is 0. The highest BCUT2D eigenvalue weighted by atomic mass is 19.1. The van der Waals surface area contributed by atoms with Gasteiger partial charge in [0.25, 0.3) is 0 Å². The Hall–Kier alpha value is -1.68. The maximum absolute atomic E-state index is 13.0. The number of aliphatic hydroxyl groups is 1. The number of aromatic nitrogens is 2. The van der Waals surface area contributed by atoms with Gasteiger partial charge in [0.15, 0.2) is 0 Å². The molecule has 1 N–H and O–H groups in total. The van der Waals surface area contributed by atoms with E-state index in [1.807, 2.05) is 6.92 Å². The molecule has 0 fully saturated rings. The highest BCUT2D eigenvalue weighted by Gasteiger charge is 2.14. The average molecular weight is 220 g/mol. The van der Waals surface area contributed by atoms with Gasteiger partial charge in [0.2, 0.25) is 0 Å². The van der Waals surface area contributed by atoms with Crippen LogP contribution >= 0.6 is 0 Å². The molecule has 0 saturated heterocycles. The molecule has 1 atom stereocenters. The van der Waals surface area contributed by atoms with Gasteiger partial charge in [0, 0.05) is 12.7 Å². The zero-order valence-corrected chi connectivity index (χ0v) is 8.97. The summed E-state index contributed by atoms with van der Waals surface area (Å²) in [6.45, 7) is 2.61. The summed E-state index contributed by atoms with van der Waals surface area (Å²) in [6.07, 6.45) is 0.791. The van der Waals surface area contributed by atoms with Crippen molar-refractivity contribution in [3.8, 4) is 0 Å². The second-order valence-electron chi connectivity index (χ2n) is 3.53. The van der Waals surface area contributed by atoms with Crippen molar-refractivity contribution >= 4 is 0 Å². The second-order valence-corrected chi connectivity index (χ2v) is 3.53. The Morgan fingerprint density at radius 1 is 1.44 bits per heavy atom. The number of hydrogen-bond donors (Lipinski definition) is 1. The molecule has 0 spiro atoms. The van der Waals surface area contributed by atoms with E-state index in [4.69, 9.17) is 0 Å². The van der Waals surface area contributed by atoms with Crippen LogP contribution in [0.2, 0.25) is 0 Å². The molecule has 0 bridgehead atoms. The van der Waals surface area contributed by atoms with Crippen molar-refractivity contribution in [2.45, 2.75) is 19.6 Å². The second kappa shape index (κ2) is 4.45. The van der Waals surface area contributed by atoms with Crippen LogP contribution in [0, 0.1) is 5.82 Å². The first-order valence-corrected chi connectivity index (χ1v) is 5.17. The number of hydrogen-bond acceptors (Lipinski definition) is 2. The molecule has 0 radical (unpaired) electrons. The van der Waals surface area contributed by atoms with Gasteiger partial charge >= 0.3 is 0 Å². The van der Waals surface area contributed by atoms with Gasteiger partial charge in [-0.1, -0.05) is 12.1 Å². The lowest BCUT2D eigenvalue weighted by Gasteiger charge is -2.12. The van der Waals surface area contributed by atoms with Crippen molar-refractivity contribution in [2.24, 2.45) is 0 Å². The summed E-state index contributed by atoms with van der Waals surface area (Å²) in [5.74, 6) is -0.348. The van der Waals surface area contributed by atoms with Crippen molar-refractivity contribution in [1.29, 1.82) is 0 Å². The van der Waals surface area contributed by atoms with Gasteiger partial charge in [-0.25, -0.2) is 4.39 Å². The topological polar surface area (TPSA) is 38.0 Å². The van der Waals surface area contributed by atoms with E-state index in [1.54, 1.807) is 29.1 Å². The summed E-state index contributed by atoms with van der Waals surface area (Å²) in [7, 11) is 0. The monoisotopic (exact) mass is 220 g/mol. The summed E-state index contributed by atoms with van der Waals surface area (Å²) < 4.78 is 14.7. The van der Waals surface area contributed by atoms with Gasteiger partial charge in [-0.2, -0.15) is 5.10 Å². The molecule has 84 valence electrons. The highest BCUT2D eigenvalue weighted by Crippen LogP contribution is 2.21. The van der Waals surface area contributed by atoms with E-state index in [0.29, 0.717) is 17.8 Å². The zero-order valence-electron chi connectivity index (χ0n) is 8.97. The van der Waals surface area contributed by atoms with Gasteiger partial charge in [0.05, 0.1) is 5.69 Å². The number of benzene rings is 1. The predicted molar refractivity (Wildman–Crippen MR) is 58.4 cm³/mol. The van der Waals surface area contributed by atoms with Gasteiger partial charge in [-0.15, -0.1) is 0 Å². The molecule has 1 aromatic heterocycles. The first kappa shape index (κ1) is 10.8. The largest absolute Gasteiger partial charge is 0.382 e. The molecule has 3 nitrogen and oxygen atoms in total. The van der Waals surface area contributed by atoms with Gasteiger partial charge in [0.1, 0.15) is 11.9 Å². The smallest absolute Gasteiger partial charge is 0.123 e. The molecule has 0 aliphatic heterocycles. The summed E-state index contributed by atoms with van der Waals surface area (Å²) in [4.78, 5) is 0. The zero-order chi connectivity index (χ0) is 11.5. The van der Waals surface area contributed by atoms with E-state index in [1.165, 1.54) is 12.1 Å². The van der Waals surface area contributed by atoms with Crippen LogP contribution in [0.5, 0.6) is 0 Å². The molecule has 2 rings (SSSR count). The third-order valence-electron chi connectivity index (χ3n) is 2.49. The molecule has 4 heteroatoms. The number of halogens is 1. The van der Waals surface area contributed by atoms with Crippen LogP contribution in [0.4, 0.5) is 4.39 Å². The van der Waals surface area contributed by atoms with Crippen molar-refractivity contribution < 1.29 is 9.50 Å². The highest BCUT2D eigenvalue weighted by molar-refractivity contribution is 5.25.